The van der Waals surface area contributed by atoms with E-state index in [-0.39, 0.29) is 5.54 Å². The summed E-state index contributed by atoms with van der Waals surface area (Å²) in [5.74, 6) is 6.10. The predicted molar refractivity (Wildman–Crippen MR) is 77.5 cm³/mol. The molecule has 6 rings (SSSR count). The molecule has 0 aromatic heterocycles. The summed E-state index contributed by atoms with van der Waals surface area (Å²) < 4.78 is 0. The molecule has 106 valence electrons. The van der Waals surface area contributed by atoms with E-state index in [0.29, 0.717) is 5.41 Å². The third kappa shape index (κ3) is 1.19. The molecule has 0 aromatic carbocycles. The van der Waals surface area contributed by atoms with Gasteiger partial charge in [0.1, 0.15) is 0 Å². The molecular formula is C18H29N. The van der Waals surface area contributed by atoms with Crippen LogP contribution in [0.1, 0.15) is 64.7 Å². The number of nitrogens with two attached hydrogens (primary N) is 1. The Labute approximate surface area is 117 Å². The summed E-state index contributed by atoms with van der Waals surface area (Å²) in [7, 11) is 0. The molecule has 0 radical (unpaired) electrons. The summed E-state index contributed by atoms with van der Waals surface area (Å²) in [4.78, 5) is 0. The molecule has 1 heteroatoms. The summed E-state index contributed by atoms with van der Waals surface area (Å²) >= 11 is 0. The van der Waals surface area contributed by atoms with Gasteiger partial charge in [-0.3, -0.25) is 0 Å². The lowest BCUT2D eigenvalue weighted by molar-refractivity contribution is -0.0104. The molecule has 0 aromatic rings. The maximum atomic E-state index is 7.19. The van der Waals surface area contributed by atoms with Gasteiger partial charge in [-0.1, -0.05) is 19.8 Å². The summed E-state index contributed by atoms with van der Waals surface area (Å²) in [6.45, 7) is 2.64. The van der Waals surface area contributed by atoms with Crippen LogP contribution in [0, 0.1) is 40.9 Å². The molecule has 0 saturated heterocycles. The summed E-state index contributed by atoms with van der Waals surface area (Å²) in [5.41, 5.74) is 7.89. The number of hydrogen-bond acceptors (Lipinski definition) is 1. The highest BCUT2D eigenvalue weighted by molar-refractivity contribution is 5.20. The van der Waals surface area contributed by atoms with Crippen molar-refractivity contribution in [1.82, 2.24) is 0 Å². The average Bonchev–Trinajstić information content (AvgIpc) is 2.53. The van der Waals surface area contributed by atoms with Crippen LogP contribution in [0.4, 0.5) is 0 Å². The smallest absolute Gasteiger partial charge is 0.0219 e. The maximum absolute atomic E-state index is 7.19. The van der Waals surface area contributed by atoms with Gasteiger partial charge in [0.25, 0.3) is 0 Å². The fourth-order valence-electron chi connectivity index (χ4n) is 8.01. The van der Waals surface area contributed by atoms with Crippen LogP contribution in [-0.4, -0.2) is 5.54 Å². The van der Waals surface area contributed by atoms with Gasteiger partial charge in [0.2, 0.25) is 0 Å². The summed E-state index contributed by atoms with van der Waals surface area (Å²) in [5, 5.41) is 0. The van der Waals surface area contributed by atoms with Crippen LogP contribution < -0.4 is 5.73 Å². The molecule has 1 nitrogen and oxygen atoms in total. The van der Waals surface area contributed by atoms with E-state index in [4.69, 9.17) is 5.73 Å². The Kier molecular flexibility index (Phi) is 2.08. The zero-order valence-electron chi connectivity index (χ0n) is 12.4. The van der Waals surface area contributed by atoms with Crippen molar-refractivity contribution >= 4 is 0 Å². The van der Waals surface area contributed by atoms with Gasteiger partial charge in [-0.25, -0.2) is 0 Å². The van der Waals surface area contributed by atoms with Crippen molar-refractivity contribution in [2.24, 2.45) is 46.7 Å². The third-order valence-corrected chi connectivity index (χ3v) is 8.86. The van der Waals surface area contributed by atoms with Gasteiger partial charge in [0.15, 0.2) is 0 Å². The molecule has 19 heavy (non-hydrogen) atoms. The van der Waals surface area contributed by atoms with E-state index < -0.39 is 0 Å². The molecule has 0 heterocycles. The van der Waals surface area contributed by atoms with Gasteiger partial charge in [0, 0.05) is 5.54 Å². The molecule has 8 bridgehead atoms. The van der Waals surface area contributed by atoms with E-state index in [2.05, 4.69) is 6.92 Å². The SMILES string of the molecule is CC12C3CCCCC1CC1C4CC(CC2(N)C4)C1C3. The Morgan fingerprint density at radius 2 is 1.37 bits per heavy atom. The Hall–Kier alpha value is -0.0400. The van der Waals surface area contributed by atoms with Gasteiger partial charge in [-0.05, 0) is 85.9 Å². The third-order valence-electron chi connectivity index (χ3n) is 8.86. The maximum Gasteiger partial charge on any atom is 0.0219 e. The van der Waals surface area contributed by atoms with E-state index >= 15 is 0 Å². The molecule has 0 amide bonds. The molecule has 6 fully saturated rings. The van der Waals surface area contributed by atoms with Crippen molar-refractivity contribution in [2.45, 2.75) is 70.3 Å². The molecule has 0 spiro atoms. The van der Waals surface area contributed by atoms with E-state index in [9.17, 15) is 0 Å². The molecule has 6 aliphatic carbocycles. The second-order valence-corrected chi connectivity index (χ2v) is 9.08. The zero-order chi connectivity index (χ0) is 12.8. The van der Waals surface area contributed by atoms with Crippen molar-refractivity contribution in [2.75, 3.05) is 0 Å². The lowest BCUT2D eigenvalue weighted by Crippen LogP contribution is -2.60. The van der Waals surface area contributed by atoms with Crippen molar-refractivity contribution in [3.8, 4) is 0 Å². The molecular weight excluding hydrogens is 230 g/mol. The first-order valence-corrected chi connectivity index (χ1v) is 8.91. The van der Waals surface area contributed by atoms with Crippen LogP contribution in [-0.2, 0) is 0 Å². The average molecular weight is 259 g/mol. The first-order valence-electron chi connectivity index (χ1n) is 8.91. The molecule has 2 N–H and O–H groups in total. The lowest BCUT2D eigenvalue weighted by atomic mass is 9.53. The van der Waals surface area contributed by atoms with Crippen LogP contribution >= 0.6 is 0 Å². The standard InChI is InChI=1S/C18H29N/c1-17-13-4-2-3-5-14(17)8-16-12-6-11(15(16)7-13)9-18(17,19)10-12/h11-16H,2-10,19H2,1H3. The van der Waals surface area contributed by atoms with E-state index in [0.717, 1.165) is 35.5 Å². The quantitative estimate of drug-likeness (QED) is 0.700. The second kappa shape index (κ2) is 3.40. The van der Waals surface area contributed by atoms with Crippen LogP contribution in [0.25, 0.3) is 0 Å². The minimum atomic E-state index is 0.209. The first-order chi connectivity index (χ1) is 9.12. The molecule has 6 saturated carbocycles. The van der Waals surface area contributed by atoms with Crippen molar-refractivity contribution in [3.05, 3.63) is 0 Å². The highest BCUT2D eigenvalue weighted by atomic mass is 14.9. The predicted octanol–water partition coefficient (Wildman–Crippen LogP) is 3.97. The number of rotatable bonds is 0. The van der Waals surface area contributed by atoms with E-state index in [1.807, 2.05) is 0 Å². The Balaban J connectivity index is 1.74. The topological polar surface area (TPSA) is 26.0 Å². The lowest BCUT2D eigenvalue weighted by Gasteiger charge is -2.54. The fourth-order valence-corrected chi connectivity index (χ4v) is 8.01. The molecule has 0 aliphatic heterocycles. The monoisotopic (exact) mass is 259 g/mol. The first kappa shape index (κ1) is 11.6. The Bertz CT molecular complexity index is 384. The van der Waals surface area contributed by atoms with Crippen LogP contribution in [0.3, 0.4) is 0 Å². The molecule has 6 aliphatic rings. The van der Waals surface area contributed by atoms with Crippen LogP contribution in [0.15, 0.2) is 0 Å². The Morgan fingerprint density at radius 1 is 0.842 bits per heavy atom. The Morgan fingerprint density at radius 3 is 1.89 bits per heavy atom. The minimum absolute atomic E-state index is 0.209. The second-order valence-electron chi connectivity index (χ2n) is 9.08. The van der Waals surface area contributed by atoms with Crippen molar-refractivity contribution in [3.63, 3.8) is 0 Å². The highest BCUT2D eigenvalue weighted by Crippen LogP contribution is 2.71. The van der Waals surface area contributed by atoms with E-state index in [1.54, 1.807) is 19.3 Å². The van der Waals surface area contributed by atoms with Gasteiger partial charge < -0.3 is 5.73 Å². The van der Waals surface area contributed by atoms with E-state index in [1.165, 1.54) is 38.5 Å². The fraction of sp³-hybridized carbons (Fsp3) is 1.00. The molecule has 6 unspecified atom stereocenters. The van der Waals surface area contributed by atoms with Crippen molar-refractivity contribution < 1.29 is 0 Å². The zero-order valence-corrected chi connectivity index (χ0v) is 12.4. The van der Waals surface area contributed by atoms with Gasteiger partial charge >= 0.3 is 0 Å². The number of hydrogen-bond donors (Lipinski definition) is 1. The van der Waals surface area contributed by atoms with Crippen molar-refractivity contribution in [1.29, 1.82) is 0 Å². The largest absolute Gasteiger partial charge is 0.325 e. The van der Waals surface area contributed by atoms with Crippen LogP contribution in [0.5, 0.6) is 0 Å². The van der Waals surface area contributed by atoms with Gasteiger partial charge in [0.05, 0.1) is 0 Å². The summed E-state index contributed by atoms with van der Waals surface area (Å²) in [6.07, 6.45) is 13.4. The minimum Gasteiger partial charge on any atom is -0.325 e. The normalized spacial score (nSPS) is 66.0. The molecule has 6 atom stereocenters. The van der Waals surface area contributed by atoms with Gasteiger partial charge in [-0.2, -0.15) is 0 Å². The highest BCUT2D eigenvalue weighted by Gasteiger charge is 2.67. The summed E-state index contributed by atoms with van der Waals surface area (Å²) in [6, 6.07) is 0. The van der Waals surface area contributed by atoms with Crippen LogP contribution in [0.2, 0.25) is 0 Å². The van der Waals surface area contributed by atoms with Gasteiger partial charge in [-0.15, -0.1) is 0 Å².